The van der Waals surface area contributed by atoms with Crippen LogP contribution in [0, 0.1) is 5.82 Å². The molecule has 0 saturated heterocycles. The molecule has 0 aliphatic heterocycles. The Kier molecular flexibility index (Phi) is 4.89. The zero-order valence-corrected chi connectivity index (χ0v) is 14.0. The number of nitrogens with zero attached hydrogens (tertiary/aromatic N) is 2. The first-order chi connectivity index (χ1) is 10.2. The third kappa shape index (κ3) is 3.66. The number of hydrogen-bond donors (Lipinski definition) is 1. The Balaban J connectivity index is 2.40. The zero-order valence-electron chi connectivity index (χ0n) is 11.6. The van der Waals surface area contributed by atoms with Crippen molar-refractivity contribution in [2.75, 3.05) is 4.72 Å². The summed E-state index contributed by atoms with van der Waals surface area (Å²) in [5, 5.41) is -0.128. The van der Waals surface area contributed by atoms with Gasteiger partial charge < -0.3 is 0 Å². The van der Waals surface area contributed by atoms with E-state index in [1.807, 2.05) is 13.8 Å². The molecule has 0 aliphatic carbocycles. The molecule has 0 aliphatic rings. The second-order valence-electron chi connectivity index (χ2n) is 4.76. The van der Waals surface area contributed by atoms with Crippen LogP contribution in [0.1, 0.15) is 25.6 Å². The molecule has 1 N–H and O–H groups in total. The van der Waals surface area contributed by atoms with Crippen molar-refractivity contribution < 1.29 is 12.8 Å². The van der Waals surface area contributed by atoms with Gasteiger partial charge in [0.1, 0.15) is 22.4 Å². The Morgan fingerprint density at radius 1 is 1.23 bits per heavy atom. The predicted octanol–water partition coefficient (Wildman–Crippen LogP) is 3.85. The zero-order chi connectivity index (χ0) is 16.5. The Hall–Kier alpha value is -1.44. The van der Waals surface area contributed by atoms with E-state index in [1.54, 1.807) is 0 Å². The average molecular weight is 364 g/mol. The highest BCUT2D eigenvalue weighted by Crippen LogP contribution is 2.28. The molecule has 0 radical (unpaired) electrons. The summed E-state index contributed by atoms with van der Waals surface area (Å²) in [5.41, 5.74) is 0. The summed E-state index contributed by atoms with van der Waals surface area (Å²) < 4.78 is 40.5. The van der Waals surface area contributed by atoms with Gasteiger partial charge in [0.25, 0.3) is 10.0 Å². The maximum atomic E-state index is 13.8. The van der Waals surface area contributed by atoms with Crippen molar-refractivity contribution in [3.8, 4) is 0 Å². The molecule has 0 amide bonds. The maximum absolute atomic E-state index is 13.8. The minimum atomic E-state index is -4.18. The minimum absolute atomic E-state index is 0.0196. The molecular weight excluding hydrogens is 352 g/mol. The third-order valence-electron chi connectivity index (χ3n) is 2.69. The van der Waals surface area contributed by atoms with Crippen LogP contribution in [0.15, 0.2) is 29.3 Å². The molecule has 0 saturated carbocycles. The molecule has 0 unspecified atom stereocenters. The number of anilines is 1. The highest BCUT2D eigenvalue weighted by atomic mass is 35.5. The lowest BCUT2D eigenvalue weighted by molar-refractivity contribution is 0.570. The molecule has 0 bridgehead atoms. The topological polar surface area (TPSA) is 72.0 Å². The fourth-order valence-electron chi connectivity index (χ4n) is 1.61. The number of rotatable bonds is 4. The van der Waals surface area contributed by atoms with Crippen LogP contribution in [0.5, 0.6) is 0 Å². The number of benzene rings is 1. The normalized spacial score (nSPS) is 11.7. The fraction of sp³-hybridized carbons (Fsp3) is 0.231. The Morgan fingerprint density at radius 3 is 2.50 bits per heavy atom. The van der Waals surface area contributed by atoms with E-state index in [2.05, 4.69) is 14.7 Å². The van der Waals surface area contributed by atoms with Crippen LogP contribution in [0.3, 0.4) is 0 Å². The highest BCUT2D eigenvalue weighted by molar-refractivity contribution is 7.92. The monoisotopic (exact) mass is 363 g/mol. The van der Waals surface area contributed by atoms with E-state index in [-0.39, 0.29) is 21.8 Å². The largest absolute Gasteiger partial charge is 0.266 e. The lowest BCUT2D eigenvalue weighted by atomic mass is 10.2. The van der Waals surface area contributed by atoms with Crippen LogP contribution < -0.4 is 4.72 Å². The summed E-state index contributed by atoms with van der Waals surface area (Å²) in [4.78, 5) is 7.49. The van der Waals surface area contributed by atoms with E-state index >= 15 is 0 Å². The van der Waals surface area contributed by atoms with Crippen LogP contribution in [0.2, 0.25) is 10.0 Å². The number of aromatic nitrogens is 2. The molecule has 0 fully saturated rings. The van der Waals surface area contributed by atoms with Gasteiger partial charge in [-0.3, -0.25) is 4.72 Å². The second-order valence-corrected chi connectivity index (χ2v) is 7.22. The average Bonchev–Trinajstić information content (AvgIpc) is 2.42. The Morgan fingerprint density at radius 2 is 1.86 bits per heavy atom. The van der Waals surface area contributed by atoms with Crippen molar-refractivity contribution in [3.63, 3.8) is 0 Å². The molecule has 0 atom stereocenters. The number of sulfonamides is 1. The van der Waals surface area contributed by atoms with Crippen LogP contribution in [-0.2, 0) is 10.0 Å². The van der Waals surface area contributed by atoms with E-state index in [0.717, 1.165) is 12.1 Å². The van der Waals surface area contributed by atoms with Crippen LogP contribution in [0.4, 0.5) is 10.2 Å². The first kappa shape index (κ1) is 16.9. The number of hydrogen-bond acceptors (Lipinski definition) is 4. The quantitative estimate of drug-likeness (QED) is 0.837. The van der Waals surface area contributed by atoms with Crippen molar-refractivity contribution in [1.29, 1.82) is 0 Å². The van der Waals surface area contributed by atoms with Crippen LogP contribution in [-0.4, -0.2) is 18.4 Å². The molecule has 9 heteroatoms. The molecule has 0 spiro atoms. The molecule has 118 valence electrons. The summed E-state index contributed by atoms with van der Waals surface area (Å²) in [6.45, 7) is 3.73. The summed E-state index contributed by atoms with van der Waals surface area (Å²) >= 11 is 11.4. The van der Waals surface area contributed by atoms with Gasteiger partial charge in [0.2, 0.25) is 0 Å². The highest BCUT2D eigenvalue weighted by Gasteiger charge is 2.22. The molecule has 1 aromatic carbocycles. The minimum Gasteiger partial charge on any atom is -0.263 e. The molecule has 1 heterocycles. The van der Waals surface area contributed by atoms with Gasteiger partial charge in [0.05, 0.1) is 10.0 Å². The van der Waals surface area contributed by atoms with Crippen molar-refractivity contribution in [2.24, 2.45) is 0 Å². The molecule has 5 nitrogen and oxygen atoms in total. The van der Waals surface area contributed by atoms with Crippen molar-refractivity contribution in [2.45, 2.75) is 24.7 Å². The summed E-state index contributed by atoms with van der Waals surface area (Å²) in [6.07, 6.45) is 1.42. The van der Waals surface area contributed by atoms with Crippen molar-refractivity contribution in [1.82, 2.24) is 9.97 Å². The van der Waals surface area contributed by atoms with Gasteiger partial charge in [-0.15, -0.1) is 0 Å². The van der Waals surface area contributed by atoms with E-state index in [0.29, 0.717) is 5.82 Å². The smallest absolute Gasteiger partial charge is 0.263 e. The Bertz CT molecular complexity index is 813. The van der Waals surface area contributed by atoms with Gasteiger partial charge in [-0.2, -0.15) is 0 Å². The lowest BCUT2D eigenvalue weighted by Crippen LogP contribution is -2.16. The van der Waals surface area contributed by atoms with E-state index in [4.69, 9.17) is 23.2 Å². The van der Waals surface area contributed by atoms with Gasteiger partial charge in [-0.25, -0.2) is 22.8 Å². The molecule has 22 heavy (non-hydrogen) atoms. The summed E-state index contributed by atoms with van der Waals surface area (Å²) in [5.74, 6) is -0.467. The standard InChI is InChI=1S/C13H12Cl2FN3O2S/c1-7(2)13-17-4-3-12(18-13)19-22(20,21)11-6-9(15)8(14)5-10(11)16/h3-7H,1-2H3,(H,17,18,19). The molecular formula is C13H12Cl2FN3O2S. The van der Waals surface area contributed by atoms with Gasteiger partial charge in [-0.05, 0) is 18.2 Å². The van der Waals surface area contributed by atoms with E-state index < -0.39 is 20.7 Å². The maximum Gasteiger partial charge on any atom is 0.266 e. The lowest BCUT2D eigenvalue weighted by Gasteiger charge is -2.10. The number of nitrogens with one attached hydrogen (secondary N) is 1. The van der Waals surface area contributed by atoms with Gasteiger partial charge in [-0.1, -0.05) is 37.0 Å². The van der Waals surface area contributed by atoms with E-state index in [1.165, 1.54) is 12.3 Å². The molecule has 2 aromatic rings. The summed E-state index contributed by atoms with van der Waals surface area (Å²) in [6, 6.07) is 3.17. The molecule has 2 rings (SSSR count). The van der Waals surface area contributed by atoms with Crippen molar-refractivity contribution in [3.05, 3.63) is 46.1 Å². The van der Waals surface area contributed by atoms with Crippen LogP contribution in [0.25, 0.3) is 0 Å². The van der Waals surface area contributed by atoms with Gasteiger partial charge in [0.15, 0.2) is 0 Å². The first-order valence-corrected chi connectivity index (χ1v) is 8.45. The second kappa shape index (κ2) is 6.36. The predicted molar refractivity (Wildman–Crippen MR) is 83.3 cm³/mol. The van der Waals surface area contributed by atoms with Crippen LogP contribution >= 0.6 is 23.2 Å². The van der Waals surface area contributed by atoms with Gasteiger partial charge in [0, 0.05) is 12.1 Å². The van der Waals surface area contributed by atoms with E-state index in [9.17, 15) is 12.8 Å². The SMILES string of the molecule is CC(C)c1nccc(NS(=O)(=O)c2cc(Cl)c(Cl)cc2F)n1. The summed E-state index contributed by atoms with van der Waals surface area (Å²) in [7, 11) is -4.18. The third-order valence-corrected chi connectivity index (χ3v) is 4.79. The molecule has 1 aromatic heterocycles. The van der Waals surface area contributed by atoms with Gasteiger partial charge >= 0.3 is 0 Å². The first-order valence-electron chi connectivity index (χ1n) is 6.21. The fourth-order valence-corrected chi connectivity index (χ4v) is 3.08. The van der Waals surface area contributed by atoms with Crippen molar-refractivity contribution >= 4 is 39.0 Å². The number of halogens is 3. The Labute approximate surface area is 137 Å².